The Morgan fingerprint density at radius 3 is 2.36 bits per heavy atom. The Balaban J connectivity index is 2.37. The Morgan fingerprint density at radius 2 is 1.84 bits per heavy atom. The summed E-state index contributed by atoms with van der Waals surface area (Å²) in [5.41, 5.74) is 1.56. The van der Waals surface area contributed by atoms with E-state index in [0.717, 1.165) is 9.87 Å². The van der Waals surface area contributed by atoms with Gasteiger partial charge in [0.15, 0.2) is 0 Å². The maximum atomic E-state index is 12.8. The van der Waals surface area contributed by atoms with Gasteiger partial charge >= 0.3 is 5.97 Å². The first kappa shape index (κ1) is 19.4. The van der Waals surface area contributed by atoms with Gasteiger partial charge in [0, 0.05) is 6.54 Å². The van der Waals surface area contributed by atoms with Gasteiger partial charge in [-0.05, 0) is 52.7 Å². The maximum absolute atomic E-state index is 12.8. The molecule has 0 unspecified atom stereocenters. The largest absolute Gasteiger partial charge is 0.496 e. The molecule has 0 radical (unpaired) electrons. The lowest BCUT2D eigenvalue weighted by molar-refractivity contribution is -0.137. The summed E-state index contributed by atoms with van der Waals surface area (Å²) in [4.78, 5) is 11.2. The van der Waals surface area contributed by atoms with E-state index >= 15 is 0 Å². The number of sulfonamides is 1. The summed E-state index contributed by atoms with van der Waals surface area (Å²) in [6, 6.07) is 11.4. The highest BCUT2D eigenvalue weighted by atomic mass is 79.9. The van der Waals surface area contributed by atoms with Crippen molar-refractivity contribution < 1.29 is 23.1 Å². The van der Waals surface area contributed by atoms with Crippen LogP contribution in [0.1, 0.15) is 11.1 Å². The minimum Gasteiger partial charge on any atom is -0.496 e. The van der Waals surface area contributed by atoms with E-state index in [1.807, 2.05) is 6.92 Å². The number of rotatable bonds is 7. The number of hydrogen-bond donors (Lipinski definition) is 1. The van der Waals surface area contributed by atoms with Crippen molar-refractivity contribution in [3.8, 4) is 5.75 Å². The average Bonchev–Trinajstić information content (AvgIpc) is 2.54. The fraction of sp³-hybridized carbons (Fsp3) is 0.235. The molecule has 0 fully saturated rings. The molecule has 8 heteroatoms. The van der Waals surface area contributed by atoms with Gasteiger partial charge in [-0.15, -0.1) is 0 Å². The van der Waals surface area contributed by atoms with Crippen LogP contribution in [-0.2, 0) is 21.4 Å². The highest BCUT2D eigenvalue weighted by Gasteiger charge is 2.27. The van der Waals surface area contributed by atoms with Crippen LogP contribution < -0.4 is 4.74 Å². The number of carbonyl (C=O) groups is 1. The number of aliphatic carboxylic acids is 1. The molecule has 0 amide bonds. The lowest BCUT2D eigenvalue weighted by atomic mass is 10.2. The molecule has 0 saturated carbocycles. The van der Waals surface area contributed by atoms with Gasteiger partial charge in [0.25, 0.3) is 0 Å². The number of aryl methyl sites for hydroxylation is 1. The molecule has 0 spiro atoms. The van der Waals surface area contributed by atoms with E-state index in [1.54, 1.807) is 30.3 Å². The van der Waals surface area contributed by atoms with E-state index in [0.29, 0.717) is 15.8 Å². The molecular weight excluding hydrogens is 410 g/mol. The standard InChI is InChI=1S/C17H18BrNO5S/c1-12-3-6-14(7-4-12)25(22,23)19(11-17(20)21)10-13-5-8-16(24-2)15(18)9-13/h3-9H,10-11H2,1-2H3,(H,20,21). The van der Waals surface area contributed by atoms with E-state index < -0.39 is 22.5 Å². The van der Waals surface area contributed by atoms with Gasteiger partial charge in [-0.1, -0.05) is 23.8 Å². The third kappa shape index (κ3) is 4.81. The SMILES string of the molecule is COc1ccc(CN(CC(=O)O)S(=O)(=O)c2ccc(C)cc2)cc1Br. The van der Waals surface area contributed by atoms with Crippen LogP contribution in [0.15, 0.2) is 51.8 Å². The van der Waals surface area contributed by atoms with Crippen LogP contribution >= 0.6 is 15.9 Å². The Hall–Kier alpha value is -1.90. The zero-order valence-corrected chi connectivity index (χ0v) is 16.2. The van der Waals surface area contributed by atoms with E-state index in [9.17, 15) is 13.2 Å². The van der Waals surface area contributed by atoms with Crippen molar-refractivity contribution in [3.63, 3.8) is 0 Å². The molecule has 0 aliphatic carbocycles. The number of nitrogens with zero attached hydrogens (tertiary/aromatic N) is 1. The Morgan fingerprint density at radius 1 is 1.20 bits per heavy atom. The van der Waals surface area contributed by atoms with Crippen LogP contribution in [0.5, 0.6) is 5.75 Å². The quantitative estimate of drug-likeness (QED) is 0.733. The highest BCUT2D eigenvalue weighted by Crippen LogP contribution is 2.27. The highest BCUT2D eigenvalue weighted by molar-refractivity contribution is 9.10. The van der Waals surface area contributed by atoms with Gasteiger partial charge in [-0.2, -0.15) is 4.31 Å². The summed E-state index contributed by atoms with van der Waals surface area (Å²) in [6.07, 6.45) is 0. The molecule has 0 aliphatic heterocycles. The topological polar surface area (TPSA) is 83.9 Å². The fourth-order valence-electron chi connectivity index (χ4n) is 2.25. The van der Waals surface area contributed by atoms with Crippen molar-refractivity contribution in [2.75, 3.05) is 13.7 Å². The average molecular weight is 428 g/mol. The molecule has 0 atom stereocenters. The molecular formula is C17H18BrNO5S. The second-order valence-electron chi connectivity index (χ2n) is 5.45. The summed E-state index contributed by atoms with van der Waals surface area (Å²) in [6.45, 7) is 1.16. The van der Waals surface area contributed by atoms with Crippen LogP contribution in [0.4, 0.5) is 0 Å². The van der Waals surface area contributed by atoms with Crippen molar-refractivity contribution in [1.29, 1.82) is 0 Å². The molecule has 2 aromatic carbocycles. The summed E-state index contributed by atoms with van der Waals surface area (Å²) in [7, 11) is -2.41. The van der Waals surface area contributed by atoms with Crippen LogP contribution in [0.2, 0.25) is 0 Å². The van der Waals surface area contributed by atoms with E-state index in [-0.39, 0.29) is 11.4 Å². The first-order valence-corrected chi connectivity index (χ1v) is 9.58. The number of benzene rings is 2. The van der Waals surface area contributed by atoms with Crippen LogP contribution in [0.25, 0.3) is 0 Å². The van der Waals surface area contributed by atoms with Gasteiger partial charge in [0.05, 0.1) is 16.5 Å². The first-order chi connectivity index (χ1) is 11.7. The molecule has 2 rings (SSSR count). The number of methoxy groups -OCH3 is 1. The Kier molecular flexibility index (Phi) is 6.21. The summed E-state index contributed by atoms with van der Waals surface area (Å²) < 4.78 is 32.4. The van der Waals surface area contributed by atoms with Crippen molar-refractivity contribution >= 4 is 31.9 Å². The number of carboxylic acids is 1. The Labute approximate surface area is 155 Å². The van der Waals surface area contributed by atoms with Crippen molar-refractivity contribution in [2.24, 2.45) is 0 Å². The molecule has 0 heterocycles. The van der Waals surface area contributed by atoms with Crippen molar-refractivity contribution in [2.45, 2.75) is 18.4 Å². The maximum Gasteiger partial charge on any atom is 0.318 e. The van der Waals surface area contributed by atoms with Gasteiger partial charge in [0.2, 0.25) is 10.0 Å². The molecule has 2 aromatic rings. The van der Waals surface area contributed by atoms with E-state index in [1.165, 1.54) is 19.2 Å². The number of halogens is 1. The molecule has 0 aliphatic rings. The molecule has 0 aromatic heterocycles. The molecule has 134 valence electrons. The minimum atomic E-state index is -3.93. The van der Waals surface area contributed by atoms with Gasteiger partial charge in [0.1, 0.15) is 12.3 Å². The lowest BCUT2D eigenvalue weighted by Gasteiger charge is -2.21. The van der Waals surface area contributed by atoms with Crippen LogP contribution in [-0.4, -0.2) is 37.5 Å². The number of ether oxygens (including phenoxy) is 1. The predicted octanol–water partition coefficient (Wildman–Crippen LogP) is 3.04. The normalized spacial score (nSPS) is 11.5. The number of carboxylic acid groups (broad SMARTS) is 1. The fourth-order valence-corrected chi connectivity index (χ4v) is 4.21. The summed E-state index contributed by atoms with van der Waals surface area (Å²) in [5, 5.41) is 9.12. The zero-order valence-electron chi connectivity index (χ0n) is 13.8. The van der Waals surface area contributed by atoms with Crippen LogP contribution in [0.3, 0.4) is 0 Å². The van der Waals surface area contributed by atoms with Gasteiger partial charge in [-0.25, -0.2) is 8.42 Å². The van der Waals surface area contributed by atoms with Crippen LogP contribution in [0, 0.1) is 6.92 Å². The van der Waals surface area contributed by atoms with Gasteiger partial charge < -0.3 is 9.84 Å². The first-order valence-electron chi connectivity index (χ1n) is 7.35. The second-order valence-corrected chi connectivity index (χ2v) is 8.24. The molecule has 1 N–H and O–H groups in total. The molecule has 0 bridgehead atoms. The smallest absolute Gasteiger partial charge is 0.318 e. The molecule has 0 saturated heterocycles. The second kappa shape index (κ2) is 7.99. The summed E-state index contributed by atoms with van der Waals surface area (Å²) >= 11 is 3.34. The van der Waals surface area contributed by atoms with E-state index in [2.05, 4.69) is 15.9 Å². The minimum absolute atomic E-state index is 0.0620. The Bertz CT molecular complexity index is 865. The third-order valence-electron chi connectivity index (χ3n) is 3.55. The lowest BCUT2D eigenvalue weighted by Crippen LogP contribution is -2.35. The molecule has 25 heavy (non-hydrogen) atoms. The van der Waals surface area contributed by atoms with Gasteiger partial charge in [-0.3, -0.25) is 4.79 Å². The van der Waals surface area contributed by atoms with Crippen molar-refractivity contribution in [1.82, 2.24) is 4.31 Å². The molecule has 6 nitrogen and oxygen atoms in total. The number of hydrogen-bond acceptors (Lipinski definition) is 4. The monoisotopic (exact) mass is 427 g/mol. The van der Waals surface area contributed by atoms with E-state index in [4.69, 9.17) is 9.84 Å². The van der Waals surface area contributed by atoms with Crippen molar-refractivity contribution in [3.05, 3.63) is 58.1 Å². The zero-order chi connectivity index (χ0) is 18.6. The predicted molar refractivity (Wildman–Crippen MR) is 97.1 cm³/mol. The third-order valence-corrected chi connectivity index (χ3v) is 5.97. The summed E-state index contributed by atoms with van der Waals surface area (Å²) in [5.74, 6) is -0.613.